The molecule has 0 aromatic heterocycles. The number of hydrogen-bond acceptors (Lipinski definition) is 4. The number of benzene rings is 1. The Morgan fingerprint density at radius 3 is 2.76 bits per heavy atom. The molecule has 0 aliphatic carbocycles. The summed E-state index contributed by atoms with van der Waals surface area (Å²) in [5.41, 5.74) is 1.77. The molecule has 1 aromatic carbocycles. The molecule has 6 heteroatoms. The standard InChI is InChI=1S/C15H16N2O3S/c1-3-5-10-6-9(8-12(13(10)18)20-4-2)7-11-14(19)17-15(21)16-11/h3,6-8,18H,1,4-5H2,2H3,(H2,16,17,19,21)/b11-7-. The van der Waals surface area contributed by atoms with Gasteiger partial charge < -0.3 is 15.2 Å². The van der Waals surface area contributed by atoms with Gasteiger partial charge >= 0.3 is 0 Å². The lowest BCUT2D eigenvalue weighted by Crippen LogP contribution is -2.21. The minimum absolute atomic E-state index is 0.0956. The molecule has 0 atom stereocenters. The first kappa shape index (κ1) is 15.1. The summed E-state index contributed by atoms with van der Waals surface area (Å²) in [6.07, 6.45) is 3.85. The predicted molar refractivity (Wildman–Crippen MR) is 85.0 cm³/mol. The zero-order valence-corrected chi connectivity index (χ0v) is 12.4. The number of allylic oxidation sites excluding steroid dienone is 1. The number of phenolic OH excluding ortho intramolecular Hbond substituents is 1. The molecule has 1 amide bonds. The minimum Gasteiger partial charge on any atom is -0.504 e. The fraction of sp³-hybridized carbons (Fsp3) is 0.200. The molecule has 1 aliphatic rings. The number of rotatable bonds is 5. The van der Waals surface area contributed by atoms with E-state index < -0.39 is 0 Å². The Labute approximate surface area is 128 Å². The summed E-state index contributed by atoms with van der Waals surface area (Å²) in [5.74, 6) is 0.194. The molecular weight excluding hydrogens is 288 g/mol. The molecule has 0 bridgehead atoms. The van der Waals surface area contributed by atoms with E-state index in [-0.39, 0.29) is 16.8 Å². The van der Waals surface area contributed by atoms with Crippen LogP contribution in [0.4, 0.5) is 0 Å². The van der Waals surface area contributed by atoms with Gasteiger partial charge in [-0.2, -0.15) is 0 Å². The monoisotopic (exact) mass is 304 g/mol. The Balaban J connectivity index is 2.43. The number of aromatic hydroxyl groups is 1. The first-order chi connectivity index (χ1) is 10.0. The van der Waals surface area contributed by atoms with E-state index in [1.54, 1.807) is 24.3 Å². The van der Waals surface area contributed by atoms with Crippen molar-refractivity contribution in [1.82, 2.24) is 10.6 Å². The van der Waals surface area contributed by atoms with E-state index in [1.165, 1.54) is 0 Å². The Morgan fingerprint density at radius 1 is 1.43 bits per heavy atom. The molecule has 0 radical (unpaired) electrons. The number of amides is 1. The van der Waals surface area contributed by atoms with Crippen LogP contribution < -0.4 is 15.4 Å². The van der Waals surface area contributed by atoms with Gasteiger partial charge in [0.15, 0.2) is 16.6 Å². The van der Waals surface area contributed by atoms with Gasteiger partial charge in [0.25, 0.3) is 5.91 Å². The molecule has 1 aromatic rings. The maximum Gasteiger partial charge on any atom is 0.273 e. The number of carbonyl (C=O) groups is 1. The second kappa shape index (κ2) is 6.41. The Kier molecular flexibility index (Phi) is 4.59. The van der Waals surface area contributed by atoms with Crippen molar-refractivity contribution in [2.45, 2.75) is 13.3 Å². The third-order valence-corrected chi connectivity index (χ3v) is 3.08. The van der Waals surface area contributed by atoms with E-state index in [0.717, 1.165) is 5.56 Å². The second-order valence-electron chi connectivity index (χ2n) is 4.42. The van der Waals surface area contributed by atoms with Gasteiger partial charge in [-0.05, 0) is 49.3 Å². The molecule has 21 heavy (non-hydrogen) atoms. The lowest BCUT2D eigenvalue weighted by atomic mass is 10.0. The van der Waals surface area contributed by atoms with Crippen molar-refractivity contribution < 1.29 is 14.6 Å². The second-order valence-corrected chi connectivity index (χ2v) is 4.83. The summed E-state index contributed by atoms with van der Waals surface area (Å²) in [4.78, 5) is 11.7. The highest BCUT2D eigenvalue weighted by atomic mass is 32.1. The van der Waals surface area contributed by atoms with Crippen LogP contribution in [0.5, 0.6) is 11.5 Å². The number of phenols is 1. The van der Waals surface area contributed by atoms with Crippen LogP contribution in [0.25, 0.3) is 6.08 Å². The van der Waals surface area contributed by atoms with Crippen LogP contribution in [0.1, 0.15) is 18.1 Å². The summed E-state index contributed by atoms with van der Waals surface area (Å²) in [6, 6.07) is 3.46. The number of nitrogens with one attached hydrogen (secondary N) is 2. The van der Waals surface area contributed by atoms with Crippen LogP contribution in [0.2, 0.25) is 0 Å². The third-order valence-electron chi connectivity index (χ3n) is 2.87. The summed E-state index contributed by atoms with van der Waals surface area (Å²) in [6.45, 7) is 5.94. The van der Waals surface area contributed by atoms with Crippen LogP contribution in [0.3, 0.4) is 0 Å². The zero-order chi connectivity index (χ0) is 15.4. The minimum atomic E-state index is -0.281. The number of ether oxygens (including phenoxy) is 1. The number of carbonyl (C=O) groups excluding carboxylic acids is 1. The van der Waals surface area contributed by atoms with E-state index in [2.05, 4.69) is 17.2 Å². The van der Waals surface area contributed by atoms with Crippen molar-refractivity contribution in [3.05, 3.63) is 41.6 Å². The van der Waals surface area contributed by atoms with Crippen LogP contribution in [-0.2, 0) is 11.2 Å². The maximum atomic E-state index is 11.7. The van der Waals surface area contributed by atoms with Crippen LogP contribution in [0.15, 0.2) is 30.5 Å². The summed E-state index contributed by atoms with van der Waals surface area (Å²) < 4.78 is 5.42. The quantitative estimate of drug-likeness (QED) is 0.440. The van der Waals surface area contributed by atoms with Crippen molar-refractivity contribution in [2.75, 3.05) is 6.61 Å². The summed E-state index contributed by atoms with van der Waals surface area (Å²) >= 11 is 4.88. The topological polar surface area (TPSA) is 70.6 Å². The average Bonchev–Trinajstić information content (AvgIpc) is 2.74. The van der Waals surface area contributed by atoms with Crippen molar-refractivity contribution >= 4 is 29.3 Å². The Hall–Kier alpha value is -2.34. The van der Waals surface area contributed by atoms with Gasteiger partial charge in [0, 0.05) is 5.56 Å². The Bertz CT molecular complexity index is 638. The third kappa shape index (κ3) is 3.41. The first-order valence-corrected chi connectivity index (χ1v) is 6.89. The molecule has 3 N–H and O–H groups in total. The van der Waals surface area contributed by atoms with E-state index in [0.29, 0.717) is 30.0 Å². The van der Waals surface area contributed by atoms with Gasteiger partial charge in [-0.15, -0.1) is 6.58 Å². The molecule has 110 valence electrons. The molecule has 1 saturated heterocycles. The van der Waals surface area contributed by atoms with Gasteiger partial charge in [0.1, 0.15) is 5.70 Å². The highest BCUT2D eigenvalue weighted by molar-refractivity contribution is 7.80. The largest absolute Gasteiger partial charge is 0.504 e. The van der Waals surface area contributed by atoms with Crippen LogP contribution in [-0.4, -0.2) is 22.7 Å². The molecule has 0 saturated carbocycles. The number of hydrogen-bond donors (Lipinski definition) is 3. The van der Waals surface area contributed by atoms with Crippen molar-refractivity contribution in [1.29, 1.82) is 0 Å². The van der Waals surface area contributed by atoms with Gasteiger partial charge in [-0.3, -0.25) is 10.1 Å². The Morgan fingerprint density at radius 2 is 2.19 bits per heavy atom. The smallest absolute Gasteiger partial charge is 0.273 e. The summed E-state index contributed by atoms with van der Waals surface area (Å²) in [5, 5.41) is 15.7. The fourth-order valence-electron chi connectivity index (χ4n) is 2.00. The van der Waals surface area contributed by atoms with Crippen LogP contribution in [0, 0.1) is 0 Å². The van der Waals surface area contributed by atoms with Gasteiger partial charge in [0.2, 0.25) is 0 Å². The highest BCUT2D eigenvalue weighted by Gasteiger charge is 2.20. The normalized spacial score (nSPS) is 15.8. The lowest BCUT2D eigenvalue weighted by Gasteiger charge is -2.11. The van der Waals surface area contributed by atoms with E-state index in [4.69, 9.17) is 17.0 Å². The highest BCUT2D eigenvalue weighted by Crippen LogP contribution is 2.33. The van der Waals surface area contributed by atoms with Crippen molar-refractivity contribution in [3.63, 3.8) is 0 Å². The maximum absolute atomic E-state index is 11.7. The zero-order valence-electron chi connectivity index (χ0n) is 11.6. The lowest BCUT2D eigenvalue weighted by molar-refractivity contribution is -0.115. The van der Waals surface area contributed by atoms with Gasteiger partial charge in [-0.1, -0.05) is 6.08 Å². The molecule has 1 fully saturated rings. The van der Waals surface area contributed by atoms with E-state index in [9.17, 15) is 9.90 Å². The van der Waals surface area contributed by atoms with Gasteiger partial charge in [-0.25, -0.2) is 0 Å². The molecule has 0 spiro atoms. The molecule has 1 aliphatic heterocycles. The summed E-state index contributed by atoms with van der Waals surface area (Å²) in [7, 11) is 0. The molecule has 1 heterocycles. The van der Waals surface area contributed by atoms with Gasteiger partial charge in [0.05, 0.1) is 6.61 Å². The van der Waals surface area contributed by atoms with Crippen molar-refractivity contribution in [3.8, 4) is 11.5 Å². The predicted octanol–water partition coefficient (Wildman–Crippen LogP) is 1.86. The molecule has 2 rings (SSSR count). The van der Waals surface area contributed by atoms with E-state index in [1.807, 2.05) is 6.92 Å². The first-order valence-electron chi connectivity index (χ1n) is 6.48. The van der Waals surface area contributed by atoms with E-state index >= 15 is 0 Å². The number of thiocarbonyl (C=S) groups is 1. The molecule has 0 unspecified atom stereocenters. The fourth-order valence-corrected chi connectivity index (χ4v) is 2.20. The SMILES string of the molecule is C=CCc1cc(/C=C2\NC(=S)NC2=O)cc(OCC)c1O. The average molecular weight is 304 g/mol. The van der Waals surface area contributed by atoms with Crippen LogP contribution >= 0.6 is 12.2 Å². The molecular formula is C15H16N2O3S. The van der Waals surface area contributed by atoms with Crippen molar-refractivity contribution in [2.24, 2.45) is 0 Å². The molecule has 5 nitrogen and oxygen atoms in total.